The Bertz CT molecular complexity index is 1120. The number of alkyl carbamates (subject to hydrolysis) is 1. The first kappa shape index (κ1) is 30.3. The van der Waals surface area contributed by atoms with Crippen molar-refractivity contribution >= 4 is 29.5 Å². The summed E-state index contributed by atoms with van der Waals surface area (Å²) < 4.78 is 5.30. The van der Waals surface area contributed by atoms with Gasteiger partial charge in [0.05, 0.1) is 6.42 Å². The molecule has 9 heteroatoms. The van der Waals surface area contributed by atoms with E-state index in [4.69, 9.17) is 10.5 Å². The fourth-order valence-corrected chi connectivity index (χ4v) is 3.98. The Morgan fingerprint density at radius 2 is 1.63 bits per heavy atom. The van der Waals surface area contributed by atoms with Gasteiger partial charge in [0, 0.05) is 12.2 Å². The first-order valence-corrected chi connectivity index (χ1v) is 12.9. The highest BCUT2D eigenvalue weighted by Gasteiger charge is 2.36. The number of nitrogens with one attached hydrogen (secondary N) is 2. The molecule has 0 saturated carbocycles. The van der Waals surface area contributed by atoms with Crippen LogP contribution in [-0.2, 0) is 25.5 Å². The lowest BCUT2D eigenvalue weighted by atomic mass is 9.99. The van der Waals surface area contributed by atoms with Crippen LogP contribution in [0.3, 0.4) is 0 Å². The van der Waals surface area contributed by atoms with Gasteiger partial charge in [0.2, 0.25) is 11.8 Å². The largest absolute Gasteiger partial charge is 0.444 e. The molecule has 0 spiro atoms. The molecule has 2 unspecified atom stereocenters. The number of anilines is 1. The van der Waals surface area contributed by atoms with E-state index in [1.54, 1.807) is 26.8 Å². The normalized spacial score (nSPS) is 12.7. The van der Waals surface area contributed by atoms with Crippen LogP contribution in [0.15, 0.2) is 48.5 Å². The van der Waals surface area contributed by atoms with Crippen LogP contribution in [0.5, 0.6) is 0 Å². The van der Waals surface area contributed by atoms with Crippen LogP contribution >= 0.6 is 0 Å². The number of para-hydroxylation sites is 1. The van der Waals surface area contributed by atoms with Crippen LogP contribution in [-0.4, -0.2) is 46.9 Å². The number of rotatable bonds is 11. The Morgan fingerprint density at radius 3 is 2.16 bits per heavy atom. The van der Waals surface area contributed by atoms with Crippen LogP contribution in [0.25, 0.3) is 0 Å². The fourth-order valence-electron chi connectivity index (χ4n) is 3.98. The zero-order chi connectivity index (χ0) is 28.5. The van der Waals surface area contributed by atoms with Gasteiger partial charge in [-0.05, 0) is 63.3 Å². The first-order chi connectivity index (χ1) is 17.9. The molecule has 2 aromatic carbocycles. The van der Waals surface area contributed by atoms with E-state index in [9.17, 15) is 19.2 Å². The van der Waals surface area contributed by atoms with Gasteiger partial charge in [-0.2, -0.15) is 0 Å². The van der Waals surface area contributed by atoms with Gasteiger partial charge in [-0.25, -0.2) is 4.79 Å². The zero-order valence-electron chi connectivity index (χ0n) is 23.2. The molecule has 0 aromatic heterocycles. The molecule has 2 rings (SSSR count). The van der Waals surface area contributed by atoms with E-state index in [2.05, 4.69) is 10.6 Å². The van der Waals surface area contributed by atoms with E-state index in [1.807, 2.05) is 63.2 Å². The molecule has 206 valence electrons. The number of amides is 4. The molecular weight excluding hydrogens is 484 g/mol. The van der Waals surface area contributed by atoms with Gasteiger partial charge < -0.3 is 26.0 Å². The number of ether oxygens (including phenoxy) is 1. The summed E-state index contributed by atoms with van der Waals surface area (Å²) >= 11 is 0. The molecule has 4 N–H and O–H groups in total. The standard InChI is InChI=1S/C29H40N4O5/c1-7-17-33(27(36)23(18-24(30)34)32-28(37)38-29(4,5)6)25(21-15-13-20(8-2)14-16-21)26(35)31-22-12-10-9-11-19(22)3/h9-16,23,25H,7-8,17-18H2,1-6H3,(H2,30,34)(H,31,35)(H,32,37). The molecule has 0 radical (unpaired) electrons. The van der Waals surface area contributed by atoms with Gasteiger partial charge in [0.1, 0.15) is 17.7 Å². The van der Waals surface area contributed by atoms with E-state index in [1.165, 1.54) is 4.90 Å². The quantitative estimate of drug-likeness (QED) is 0.405. The maximum atomic E-state index is 13.9. The van der Waals surface area contributed by atoms with E-state index < -0.39 is 47.9 Å². The van der Waals surface area contributed by atoms with E-state index in [0.717, 1.165) is 17.5 Å². The molecule has 0 aliphatic heterocycles. The van der Waals surface area contributed by atoms with Crippen molar-refractivity contribution in [3.05, 3.63) is 65.2 Å². The summed E-state index contributed by atoms with van der Waals surface area (Å²) in [5.41, 5.74) is 7.78. The first-order valence-electron chi connectivity index (χ1n) is 12.9. The average Bonchev–Trinajstić information content (AvgIpc) is 2.83. The highest BCUT2D eigenvalue weighted by atomic mass is 16.6. The Hall–Kier alpha value is -3.88. The van der Waals surface area contributed by atoms with Crippen LogP contribution in [0, 0.1) is 6.92 Å². The van der Waals surface area contributed by atoms with Crippen LogP contribution < -0.4 is 16.4 Å². The van der Waals surface area contributed by atoms with Crippen LogP contribution in [0.2, 0.25) is 0 Å². The number of nitrogens with zero attached hydrogens (tertiary/aromatic N) is 1. The Labute approximate surface area is 225 Å². The Morgan fingerprint density at radius 1 is 1.00 bits per heavy atom. The Balaban J connectivity index is 2.52. The number of hydrogen-bond donors (Lipinski definition) is 3. The zero-order valence-corrected chi connectivity index (χ0v) is 23.2. The average molecular weight is 525 g/mol. The van der Waals surface area contributed by atoms with Gasteiger partial charge in [0.15, 0.2) is 0 Å². The third-order valence-electron chi connectivity index (χ3n) is 5.81. The van der Waals surface area contributed by atoms with Gasteiger partial charge >= 0.3 is 6.09 Å². The molecule has 0 bridgehead atoms. The minimum Gasteiger partial charge on any atom is -0.444 e. The lowest BCUT2D eigenvalue weighted by Crippen LogP contribution is -2.53. The number of hydrogen-bond acceptors (Lipinski definition) is 5. The molecule has 0 saturated heterocycles. The topological polar surface area (TPSA) is 131 Å². The number of carbonyl (C=O) groups is 4. The molecule has 9 nitrogen and oxygen atoms in total. The molecule has 0 fully saturated rings. The van der Waals surface area contributed by atoms with Crippen molar-refractivity contribution in [2.75, 3.05) is 11.9 Å². The van der Waals surface area contributed by atoms with Crippen molar-refractivity contribution in [2.24, 2.45) is 5.73 Å². The van der Waals surface area contributed by atoms with Crippen molar-refractivity contribution in [3.8, 4) is 0 Å². The fraction of sp³-hybridized carbons (Fsp3) is 0.448. The van der Waals surface area contributed by atoms with Crippen molar-refractivity contribution in [3.63, 3.8) is 0 Å². The summed E-state index contributed by atoms with van der Waals surface area (Å²) in [6.45, 7) is 11.0. The van der Waals surface area contributed by atoms with E-state index in [0.29, 0.717) is 17.7 Å². The van der Waals surface area contributed by atoms with Crippen molar-refractivity contribution < 1.29 is 23.9 Å². The number of carbonyl (C=O) groups excluding carboxylic acids is 4. The summed E-state index contributed by atoms with van der Waals surface area (Å²) in [7, 11) is 0. The molecule has 0 aliphatic carbocycles. The third kappa shape index (κ3) is 8.90. The second-order valence-electron chi connectivity index (χ2n) is 10.2. The minimum absolute atomic E-state index is 0.200. The lowest BCUT2D eigenvalue weighted by molar-refractivity contribution is -0.141. The lowest BCUT2D eigenvalue weighted by Gasteiger charge is -2.34. The monoisotopic (exact) mass is 524 g/mol. The van der Waals surface area contributed by atoms with Gasteiger partial charge in [-0.3, -0.25) is 14.4 Å². The van der Waals surface area contributed by atoms with Gasteiger partial charge in [-0.15, -0.1) is 0 Å². The summed E-state index contributed by atoms with van der Waals surface area (Å²) in [5, 5.41) is 5.43. The van der Waals surface area contributed by atoms with Crippen molar-refractivity contribution in [1.82, 2.24) is 10.2 Å². The third-order valence-corrected chi connectivity index (χ3v) is 5.81. The van der Waals surface area contributed by atoms with Crippen molar-refractivity contribution in [2.45, 2.75) is 78.5 Å². The highest BCUT2D eigenvalue weighted by Crippen LogP contribution is 2.26. The minimum atomic E-state index is -1.31. The summed E-state index contributed by atoms with van der Waals surface area (Å²) in [5.74, 6) is -1.80. The molecular formula is C29H40N4O5. The molecule has 4 amide bonds. The van der Waals surface area contributed by atoms with Gasteiger partial charge in [-0.1, -0.05) is 56.3 Å². The molecule has 2 atom stereocenters. The van der Waals surface area contributed by atoms with Crippen molar-refractivity contribution in [1.29, 1.82) is 0 Å². The summed E-state index contributed by atoms with van der Waals surface area (Å²) in [6, 6.07) is 12.5. The highest BCUT2D eigenvalue weighted by molar-refractivity contribution is 6.00. The van der Waals surface area contributed by atoms with Crippen LogP contribution in [0.1, 0.15) is 70.2 Å². The summed E-state index contributed by atoms with van der Waals surface area (Å²) in [4.78, 5) is 53.5. The van der Waals surface area contributed by atoms with Crippen LogP contribution in [0.4, 0.5) is 10.5 Å². The molecule has 38 heavy (non-hydrogen) atoms. The number of aryl methyl sites for hydroxylation is 2. The second kappa shape index (κ2) is 13.6. The number of primary amides is 1. The molecule has 0 aliphatic rings. The van der Waals surface area contributed by atoms with E-state index in [-0.39, 0.29) is 6.54 Å². The Kier molecular flexibility index (Phi) is 10.9. The molecule has 2 aromatic rings. The predicted molar refractivity (Wildman–Crippen MR) is 147 cm³/mol. The molecule has 0 heterocycles. The number of nitrogens with two attached hydrogens (primary N) is 1. The van der Waals surface area contributed by atoms with E-state index >= 15 is 0 Å². The van der Waals surface area contributed by atoms with Gasteiger partial charge in [0.25, 0.3) is 5.91 Å². The summed E-state index contributed by atoms with van der Waals surface area (Å²) in [6.07, 6.45) is 0.0436. The SMILES string of the molecule is CCCN(C(=O)C(CC(N)=O)NC(=O)OC(C)(C)C)C(C(=O)Nc1ccccc1C)c1ccc(CC)cc1. The number of benzene rings is 2. The maximum Gasteiger partial charge on any atom is 0.408 e. The predicted octanol–water partition coefficient (Wildman–Crippen LogP) is 4.24. The maximum absolute atomic E-state index is 13.9. The smallest absolute Gasteiger partial charge is 0.408 e. The second-order valence-corrected chi connectivity index (χ2v) is 10.2.